The van der Waals surface area contributed by atoms with Crippen LogP contribution in [0.15, 0.2) is 24.4 Å². The topological polar surface area (TPSA) is 73.9 Å². The van der Waals surface area contributed by atoms with Crippen molar-refractivity contribution in [1.82, 2.24) is 15.2 Å². The fraction of sp³-hybridized carbons (Fsp3) is 0.211. The van der Waals surface area contributed by atoms with Crippen LogP contribution in [0, 0.1) is 5.82 Å². The minimum atomic E-state index is -0.428. The van der Waals surface area contributed by atoms with Crippen molar-refractivity contribution >= 4 is 61.3 Å². The van der Waals surface area contributed by atoms with Gasteiger partial charge in [0, 0.05) is 24.0 Å². The third-order valence-electron chi connectivity index (χ3n) is 5.05. The van der Waals surface area contributed by atoms with Crippen LogP contribution in [0.4, 0.5) is 15.2 Å². The van der Waals surface area contributed by atoms with Gasteiger partial charge in [-0.05, 0) is 30.5 Å². The first-order valence-corrected chi connectivity index (χ1v) is 10.1. The molecule has 3 heterocycles. The summed E-state index contributed by atoms with van der Waals surface area (Å²) in [7, 11) is 0. The van der Waals surface area contributed by atoms with E-state index in [1.807, 2.05) is 23.1 Å². The molecule has 2 N–H and O–H groups in total. The molecule has 0 radical (unpaired) electrons. The van der Waals surface area contributed by atoms with Crippen molar-refractivity contribution in [2.75, 3.05) is 23.3 Å². The highest BCUT2D eigenvalue weighted by Gasteiger charge is 2.26. The lowest BCUT2D eigenvalue weighted by atomic mass is 10.00. The van der Waals surface area contributed by atoms with Crippen LogP contribution < -0.4 is 10.2 Å². The summed E-state index contributed by atoms with van der Waals surface area (Å²) < 4.78 is 16.2. The van der Waals surface area contributed by atoms with Crippen LogP contribution in [-0.4, -0.2) is 34.7 Å². The van der Waals surface area contributed by atoms with E-state index in [4.69, 9.17) is 11.6 Å². The summed E-state index contributed by atoms with van der Waals surface area (Å²) in [5.74, 6) is -0.428. The van der Waals surface area contributed by atoms with Crippen molar-refractivity contribution in [2.24, 2.45) is 0 Å². The molecule has 6 nitrogen and oxygen atoms in total. The number of aromatic nitrogens is 3. The molecule has 28 heavy (non-hydrogen) atoms. The third kappa shape index (κ3) is 2.63. The molecule has 0 saturated carbocycles. The molecule has 1 fully saturated rings. The number of hydrogen-bond donors (Lipinski definition) is 2. The molecule has 1 amide bonds. The Labute approximate surface area is 168 Å². The molecule has 142 valence electrons. The first-order chi connectivity index (χ1) is 13.7. The number of fused-ring (bicyclic) bond motifs is 2. The molecule has 0 atom stereocenters. The van der Waals surface area contributed by atoms with E-state index in [1.165, 1.54) is 11.3 Å². The Bertz CT molecular complexity index is 1210. The summed E-state index contributed by atoms with van der Waals surface area (Å²) in [5.41, 5.74) is 3.29. The van der Waals surface area contributed by atoms with Crippen molar-refractivity contribution in [2.45, 2.75) is 12.8 Å². The Hall–Kier alpha value is -2.71. The number of rotatable bonds is 4. The van der Waals surface area contributed by atoms with Gasteiger partial charge in [0.05, 0.1) is 27.0 Å². The molecular weight excluding hydrogens is 401 g/mol. The Morgan fingerprint density at radius 3 is 2.93 bits per heavy atom. The molecule has 5 rings (SSSR count). The number of aromatic amines is 1. The zero-order chi connectivity index (χ0) is 19.3. The van der Waals surface area contributed by atoms with E-state index in [1.54, 1.807) is 6.20 Å². The standard InChI is InChI=1S/C19H15ClFN5OS/c20-15-14(10-3-4-12-13(7-10)28-19(24-12)22-9-27)11-8-23-25-17(11)18(16(15)21)26-5-1-2-6-26/h3-4,7-9H,1-2,5-6H2,(H,23,25)(H,22,24,27). The van der Waals surface area contributed by atoms with Crippen LogP contribution in [-0.2, 0) is 4.79 Å². The number of nitrogens with one attached hydrogen (secondary N) is 2. The van der Waals surface area contributed by atoms with Crippen LogP contribution in [0.5, 0.6) is 0 Å². The molecule has 0 unspecified atom stereocenters. The minimum Gasteiger partial charge on any atom is -0.367 e. The molecule has 1 aliphatic heterocycles. The van der Waals surface area contributed by atoms with Crippen molar-refractivity contribution in [3.05, 3.63) is 35.2 Å². The number of halogens is 2. The first-order valence-electron chi connectivity index (χ1n) is 8.87. The molecule has 9 heteroatoms. The van der Waals surface area contributed by atoms with E-state index in [-0.39, 0.29) is 5.02 Å². The molecule has 0 spiro atoms. The predicted molar refractivity (Wildman–Crippen MR) is 111 cm³/mol. The number of hydrogen-bond acceptors (Lipinski definition) is 5. The number of carbonyl (C=O) groups excluding carboxylic acids is 1. The van der Waals surface area contributed by atoms with E-state index in [9.17, 15) is 4.79 Å². The smallest absolute Gasteiger partial charge is 0.213 e. The predicted octanol–water partition coefficient (Wildman–Crippen LogP) is 4.80. The molecule has 2 aromatic heterocycles. The minimum absolute atomic E-state index is 0.0888. The van der Waals surface area contributed by atoms with E-state index < -0.39 is 5.82 Å². The van der Waals surface area contributed by atoms with Gasteiger partial charge < -0.3 is 10.2 Å². The lowest BCUT2D eigenvalue weighted by molar-refractivity contribution is -0.105. The van der Waals surface area contributed by atoms with Crippen molar-refractivity contribution in [3.63, 3.8) is 0 Å². The normalized spacial score (nSPS) is 14.3. The largest absolute Gasteiger partial charge is 0.367 e. The third-order valence-corrected chi connectivity index (χ3v) is 6.35. The summed E-state index contributed by atoms with van der Waals surface area (Å²) in [6, 6.07) is 5.60. The summed E-state index contributed by atoms with van der Waals surface area (Å²) >= 11 is 7.89. The first kappa shape index (κ1) is 17.4. The van der Waals surface area contributed by atoms with Crippen LogP contribution in [0.3, 0.4) is 0 Å². The van der Waals surface area contributed by atoms with Crippen molar-refractivity contribution in [3.8, 4) is 11.1 Å². The van der Waals surface area contributed by atoms with Crippen LogP contribution in [0.1, 0.15) is 12.8 Å². The number of anilines is 2. The lowest BCUT2D eigenvalue weighted by Gasteiger charge is -2.21. The molecule has 4 aromatic rings. The fourth-order valence-electron chi connectivity index (χ4n) is 3.81. The summed E-state index contributed by atoms with van der Waals surface area (Å²) in [6.45, 7) is 1.61. The Kier molecular flexibility index (Phi) is 4.17. The maximum atomic E-state index is 15.3. The van der Waals surface area contributed by atoms with E-state index in [0.29, 0.717) is 28.3 Å². The van der Waals surface area contributed by atoms with Gasteiger partial charge in [-0.25, -0.2) is 9.37 Å². The lowest BCUT2D eigenvalue weighted by Crippen LogP contribution is -2.19. The molecule has 2 aromatic carbocycles. The Morgan fingerprint density at radius 2 is 2.14 bits per heavy atom. The Morgan fingerprint density at radius 1 is 1.32 bits per heavy atom. The molecule has 1 saturated heterocycles. The highest BCUT2D eigenvalue weighted by Crippen LogP contribution is 2.44. The van der Waals surface area contributed by atoms with Gasteiger partial charge in [-0.15, -0.1) is 0 Å². The maximum Gasteiger partial charge on any atom is 0.213 e. The van der Waals surface area contributed by atoms with E-state index in [2.05, 4.69) is 20.5 Å². The quantitative estimate of drug-likeness (QED) is 0.469. The van der Waals surface area contributed by atoms with Crippen LogP contribution in [0.25, 0.3) is 32.2 Å². The number of nitrogens with zero attached hydrogens (tertiary/aromatic N) is 3. The fourth-order valence-corrected chi connectivity index (χ4v) is 4.97. The number of thiazole rings is 1. The monoisotopic (exact) mass is 415 g/mol. The van der Waals surface area contributed by atoms with Gasteiger partial charge in [-0.3, -0.25) is 9.89 Å². The van der Waals surface area contributed by atoms with Crippen LogP contribution in [0.2, 0.25) is 5.02 Å². The van der Waals surface area contributed by atoms with Gasteiger partial charge in [0.15, 0.2) is 10.9 Å². The number of benzene rings is 2. The van der Waals surface area contributed by atoms with Gasteiger partial charge in [0.2, 0.25) is 6.41 Å². The summed E-state index contributed by atoms with van der Waals surface area (Å²) in [6.07, 6.45) is 4.35. The number of H-pyrrole nitrogens is 1. The number of carbonyl (C=O) groups is 1. The highest BCUT2D eigenvalue weighted by molar-refractivity contribution is 7.22. The van der Waals surface area contributed by atoms with Crippen LogP contribution >= 0.6 is 22.9 Å². The van der Waals surface area contributed by atoms with Crippen molar-refractivity contribution in [1.29, 1.82) is 0 Å². The molecular formula is C19H15ClFN5OS. The molecule has 1 aliphatic rings. The second-order valence-corrected chi connectivity index (χ2v) is 8.08. The Balaban J connectivity index is 1.72. The average molecular weight is 416 g/mol. The van der Waals surface area contributed by atoms with Crippen molar-refractivity contribution < 1.29 is 9.18 Å². The van der Waals surface area contributed by atoms with Gasteiger partial charge in [0.1, 0.15) is 5.69 Å². The maximum absolute atomic E-state index is 15.3. The summed E-state index contributed by atoms with van der Waals surface area (Å²) in [4.78, 5) is 17.0. The zero-order valence-electron chi connectivity index (χ0n) is 14.6. The highest BCUT2D eigenvalue weighted by atomic mass is 35.5. The second kappa shape index (κ2) is 6.72. The molecule has 0 aliphatic carbocycles. The van der Waals surface area contributed by atoms with Gasteiger partial charge >= 0.3 is 0 Å². The van der Waals surface area contributed by atoms with Gasteiger partial charge in [-0.1, -0.05) is 29.0 Å². The van der Waals surface area contributed by atoms with Gasteiger partial charge in [-0.2, -0.15) is 5.10 Å². The second-order valence-electron chi connectivity index (χ2n) is 6.67. The number of amides is 1. The average Bonchev–Trinajstić information content (AvgIpc) is 3.43. The van der Waals surface area contributed by atoms with Gasteiger partial charge in [0.25, 0.3) is 0 Å². The summed E-state index contributed by atoms with van der Waals surface area (Å²) in [5, 5.41) is 11.1. The SMILES string of the molecule is O=CNc1nc2ccc(-c3c(Cl)c(F)c(N4CCCC4)c4[nH]ncc34)cc2s1. The van der Waals surface area contributed by atoms with E-state index >= 15 is 4.39 Å². The zero-order valence-corrected chi connectivity index (χ0v) is 16.2. The molecule has 0 bridgehead atoms. The van der Waals surface area contributed by atoms with E-state index in [0.717, 1.165) is 47.1 Å².